The van der Waals surface area contributed by atoms with Crippen LogP contribution in [0.3, 0.4) is 0 Å². The van der Waals surface area contributed by atoms with Crippen molar-refractivity contribution < 1.29 is 9.15 Å². The van der Waals surface area contributed by atoms with Gasteiger partial charge in [0.25, 0.3) is 0 Å². The molecule has 0 amide bonds. The normalized spacial score (nSPS) is 15.4. The number of rotatable bonds is 3. The predicted octanol–water partition coefficient (Wildman–Crippen LogP) is -0.450. The number of ether oxygens (including phenoxy) is 1. The van der Waals surface area contributed by atoms with E-state index in [4.69, 9.17) is 20.1 Å². The number of aromatic nitrogens is 1. The van der Waals surface area contributed by atoms with Gasteiger partial charge in [-0.3, -0.25) is 5.43 Å². The lowest BCUT2D eigenvalue weighted by Crippen LogP contribution is -2.36. The van der Waals surface area contributed by atoms with Gasteiger partial charge >= 0.3 is 0 Å². The summed E-state index contributed by atoms with van der Waals surface area (Å²) in [5.74, 6) is 0.643. The van der Waals surface area contributed by atoms with Gasteiger partial charge in [0.05, 0.1) is 13.2 Å². The van der Waals surface area contributed by atoms with Gasteiger partial charge in [-0.1, -0.05) is 0 Å². The number of hydrogen-bond donors (Lipinski definition) is 2. The maximum atomic E-state index is 9.04. The molecule has 3 N–H and O–H groups in total. The van der Waals surface area contributed by atoms with E-state index < -0.39 is 0 Å². The number of anilines is 1. The fourth-order valence-corrected chi connectivity index (χ4v) is 1.64. The molecule has 8 nitrogen and oxygen atoms in total. The number of nitrogens with two attached hydrogens (primary N) is 1. The first-order valence-electron chi connectivity index (χ1n) is 5.53. The van der Waals surface area contributed by atoms with Crippen molar-refractivity contribution in [1.82, 2.24) is 10.4 Å². The molecule has 2 rings (SSSR count). The zero-order valence-corrected chi connectivity index (χ0v) is 10.8. The van der Waals surface area contributed by atoms with Crippen molar-refractivity contribution in [3.8, 4) is 6.07 Å². The lowest BCUT2D eigenvalue weighted by molar-refractivity contribution is 0.120. The van der Waals surface area contributed by atoms with Gasteiger partial charge in [-0.15, -0.1) is 0 Å². The molecule has 0 radical (unpaired) electrons. The van der Waals surface area contributed by atoms with E-state index in [1.807, 2.05) is 11.0 Å². The van der Waals surface area contributed by atoms with Gasteiger partial charge in [0.2, 0.25) is 17.5 Å². The van der Waals surface area contributed by atoms with Crippen LogP contribution < -0.4 is 16.1 Å². The van der Waals surface area contributed by atoms with Crippen molar-refractivity contribution in [2.45, 2.75) is 0 Å². The molecule has 19 heavy (non-hydrogen) atoms. The first-order chi connectivity index (χ1) is 9.20. The van der Waals surface area contributed by atoms with Gasteiger partial charge in [-0.05, 0) is 12.2 Å². The highest BCUT2D eigenvalue weighted by Crippen LogP contribution is 2.21. The largest absolute Gasteiger partial charge is 0.418 e. The Morgan fingerprint density at radius 1 is 1.58 bits per heavy atom. The molecular weight excluding hydrogens is 268 g/mol. The molecule has 1 fully saturated rings. The minimum atomic E-state index is 0.0386. The Labute approximate surface area is 114 Å². The molecule has 0 aromatic carbocycles. The van der Waals surface area contributed by atoms with E-state index in [-0.39, 0.29) is 16.7 Å². The third-order valence-electron chi connectivity index (χ3n) is 2.38. The maximum absolute atomic E-state index is 9.04. The van der Waals surface area contributed by atoms with Gasteiger partial charge in [0.15, 0.2) is 5.11 Å². The summed E-state index contributed by atoms with van der Waals surface area (Å²) in [7, 11) is 0. The van der Waals surface area contributed by atoms with E-state index in [2.05, 4.69) is 27.7 Å². The van der Waals surface area contributed by atoms with E-state index >= 15 is 0 Å². The highest BCUT2D eigenvalue weighted by Gasteiger charge is 2.20. The van der Waals surface area contributed by atoms with Gasteiger partial charge in [-0.2, -0.15) is 15.3 Å². The molecule has 1 aromatic rings. The predicted molar refractivity (Wildman–Crippen MR) is 71.8 cm³/mol. The summed E-state index contributed by atoms with van der Waals surface area (Å²) >= 11 is 4.59. The number of thiocarbonyl (C=S) groups is 1. The average molecular weight is 280 g/mol. The first kappa shape index (κ1) is 13.3. The smallest absolute Gasteiger partial charge is 0.243 e. The molecule has 1 aromatic heterocycles. The fraction of sp³-hybridized carbons (Fsp3) is 0.400. The monoisotopic (exact) mass is 280 g/mol. The molecular formula is C10H12N6O2S. The molecule has 0 saturated carbocycles. The van der Waals surface area contributed by atoms with Crippen molar-refractivity contribution in [2.24, 2.45) is 10.8 Å². The van der Waals surface area contributed by atoms with E-state index in [0.717, 1.165) is 0 Å². The Bertz CT molecular complexity index is 529. The van der Waals surface area contributed by atoms with E-state index in [9.17, 15) is 0 Å². The van der Waals surface area contributed by atoms with Gasteiger partial charge < -0.3 is 19.8 Å². The van der Waals surface area contributed by atoms with Crippen LogP contribution in [0.5, 0.6) is 0 Å². The SMILES string of the molecule is N#Cc1nc(/C=N/NC(N)=S)oc1N1CCOCC1. The number of hydrazone groups is 1. The molecule has 1 aliphatic rings. The van der Waals surface area contributed by atoms with Crippen molar-refractivity contribution in [3.05, 3.63) is 11.6 Å². The Hall–Kier alpha value is -2.18. The molecule has 0 spiro atoms. The number of hydrogen-bond acceptors (Lipinski definition) is 7. The number of nitriles is 1. The molecule has 1 aliphatic heterocycles. The van der Waals surface area contributed by atoms with Crippen molar-refractivity contribution in [3.63, 3.8) is 0 Å². The van der Waals surface area contributed by atoms with Crippen LogP contribution in [-0.4, -0.2) is 42.6 Å². The number of oxazole rings is 1. The highest BCUT2D eigenvalue weighted by molar-refractivity contribution is 7.80. The summed E-state index contributed by atoms with van der Waals surface area (Å²) in [4.78, 5) is 5.93. The summed E-state index contributed by atoms with van der Waals surface area (Å²) in [5, 5.41) is 12.8. The minimum absolute atomic E-state index is 0.0386. The van der Waals surface area contributed by atoms with E-state index in [1.165, 1.54) is 6.21 Å². The zero-order valence-electron chi connectivity index (χ0n) is 10.00. The molecule has 0 unspecified atom stereocenters. The standard InChI is InChI=1S/C10H12N6O2S/c11-5-7-9(16-1-3-17-4-2-16)18-8(14-7)6-13-15-10(12)19/h6H,1-4H2,(H3,12,15,19)/b13-6+. The molecule has 1 saturated heterocycles. The average Bonchev–Trinajstić information content (AvgIpc) is 2.82. The van der Waals surface area contributed by atoms with Crippen LogP contribution in [0.2, 0.25) is 0 Å². The minimum Gasteiger partial charge on any atom is -0.418 e. The molecule has 0 atom stereocenters. The van der Waals surface area contributed by atoms with Gasteiger partial charge in [-0.25, -0.2) is 0 Å². The van der Waals surface area contributed by atoms with Crippen molar-refractivity contribution in [1.29, 1.82) is 5.26 Å². The summed E-state index contributed by atoms with van der Waals surface area (Å²) in [6, 6.07) is 1.99. The number of nitrogens with one attached hydrogen (secondary N) is 1. The molecule has 0 bridgehead atoms. The van der Waals surface area contributed by atoms with Crippen molar-refractivity contribution >= 4 is 29.4 Å². The van der Waals surface area contributed by atoms with Crippen LogP contribution in [0.25, 0.3) is 0 Å². The zero-order chi connectivity index (χ0) is 13.7. The lowest BCUT2D eigenvalue weighted by Gasteiger charge is -2.25. The first-order valence-corrected chi connectivity index (χ1v) is 5.93. The Balaban J connectivity index is 2.15. The molecule has 9 heteroatoms. The second-order valence-electron chi connectivity index (χ2n) is 3.65. The van der Waals surface area contributed by atoms with Gasteiger partial charge in [0.1, 0.15) is 12.3 Å². The topological polar surface area (TPSA) is 113 Å². The molecule has 2 heterocycles. The second-order valence-corrected chi connectivity index (χ2v) is 4.09. The number of nitrogens with zero attached hydrogens (tertiary/aromatic N) is 4. The van der Waals surface area contributed by atoms with Crippen molar-refractivity contribution in [2.75, 3.05) is 31.2 Å². The third-order valence-corrected chi connectivity index (χ3v) is 2.47. The molecule has 0 aliphatic carbocycles. The second kappa shape index (κ2) is 6.12. The van der Waals surface area contributed by atoms with Gasteiger partial charge in [0, 0.05) is 13.1 Å². The van der Waals surface area contributed by atoms with E-state index in [1.54, 1.807) is 0 Å². The number of morpholine rings is 1. The van der Waals surface area contributed by atoms with Crippen LogP contribution >= 0.6 is 12.2 Å². The summed E-state index contributed by atoms with van der Waals surface area (Å²) in [5.41, 5.74) is 7.82. The quantitative estimate of drug-likeness (QED) is 0.435. The fourth-order valence-electron chi connectivity index (χ4n) is 1.59. The highest BCUT2D eigenvalue weighted by atomic mass is 32.1. The van der Waals surface area contributed by atoms with Crippen LogP contribution in [0.4, 0.5) is 5.88 Å². The van der Waals surface area contributed by atoms with Crippen LogP contribution in [0.1, 0.15) is 11.6 Å². The maximum Gasteiger partial charge on any atom is 0.243 e. The third kappa shape index (κ3) is 3.40. The van der Waals surface area contributed by atoms with Crippen LogP contribution in [0, 0.1) is 11.3 Å². The molecule has 100 valence electrons. The Morgan fingerprint density at radius 3 is 2.95 bits per heavy atom. The van der Waals surface area contributed by atoms with E-state index in [0.29, 0.717) is 32.2 Å². The van der Waals surface area contributed by atoms with Crippen LogP contribution in [-0.2, 0) is 4.74 Å². The summed E-state index contributed by atoms with van der Waals surface area (Å²) < 4.78 is 10.7. The Morgan fingerprint density at radius 2 is 2.32 bits per heavy atom. The lowest BCUT2D eigenvalue weighted by atomic mass is 10.4. The Kier molecular flexibility index (Phi) is 4.27. The summed E-state index contributed by atoms with van der Waals surface area (Å²) in [6.45, 7) is 2.51. The van der Waals surface area contributed by atoms with Crippen LogP contribution in [0.15, 0.2) is 9.52 Å². The summed E-state index contributed by atoms with van der Waals surface area (Å²) in [6.07, 6.45) is 1.31.